The van der Waals surface area contributed by atoms with Crippen LogP contribution in [0.2, 0.25) is 5.02 Å². The van der Waals surface area contributed by atoms with Crippen molar-refractivity contribution in [3.8, 4) is 16.9 Å². The maximum Gasteiger partial charge on any atom is 0.335 e. The molecule has 8 nitrogen and oxygen atoms in total. The molecule has 0 atom stereocenters. The van der Waals surface area contributed by atoms with Crippen molar-refractivity contribution < 1.29 is 14.8 Å². The average Bonchev–Trinajstić information content (AvgIpc) is 3.07. The van der Waals surface area contributed by atoms with E-state index in [4.69, 9.17) is 11.6 Å². The second-order valence-electron chi connectivity index (χ2n) is 6.36. The highest BCUT2D eigenvalue weighted by Gasteiger charge is 2.27. The zero-order chi connectivity index (χ0) is 19.8. The molecule has 0 saturated carbocycles. The van der Waals surface area contributed by atoms with Gasteiger partial charge in [0.2, 0.25) is 0 Å². The second kappa shape index (κ2) is 7.06. The number of carboxylic acid groups (broad SMARTS) is 1. The number of halogens is 1. The molecule has 0 saturated heterocycles. The standard InChI is InChI=1S/C19H15ClN4O4/c20-14-6-5-11(19(25)26)9-17(14)23-15-7-8-21-10-13(15)18(22-23)12-3-1-2-4-16(12)24(27)28/h1-6,9,21H,7-8,10H2,(H,25,26). The normalized spacial score (nSPS) is 13.2. The monoisotopic (exact) mass is 398 g/mol. The highest BCUT2D eigenvalue weighted by molar-refractivity contribution is 6.32. The number of aromatic nitrogens is 2. The van der Waals surface area contributed by atoms with Crippen LogP contribution in [0.25, 0.3) is 16.9 Å². The minimum Gasteiger partial charge on any atom is -0.478 e. The van der Waals surface area contributed by atoms with E-state index in [1.165, 1.54) is 24.3 Å². The highest BCUT2D eigenvalue weighted by Crippen LogP contribution is 2.36. The van der Waals surface area contributed by atoms with Crippen LogP contribution < -0.4 is 5.32 Å². The summed E-state index contributed by atoms with van der Waals surface area (Å²) >= 11 is 6.34. The molecular weight excluding hydrogens is 384 g/mol. The summed E-state index contributed by atoms with van der Waals surface area (Å²) in [5, 5.41) is 29.0. The number of nitro groups is 1. The summed E-state index contributed by atoms with van der Waals surface area (Å²) in [6.45, 7) is 1.22. The molecule has 0 fully saturated rings. The Hall–Kier alpha value is -3.23. The van der Waals surface area contributed by atoms with Gasteiger partial charge in [-0.3, -0.25) is 10.1 Å². The van der Waals surface area contributed by atoms with Gasteiger partial charge in [-0.05, 0) is 24.3 Å². The summed E-state index contributed by atoms with van der Waals surface area (Å²) in [6.07, 6.45) is 0.636. The number of benzene rings is 2. The SMILES string of the molecule is O=C(O)c1ccc(Cl)c(-n2nc(-c3ccccc3[N+](=O)[O-])c3c2CCNC3)c1. The van der Waals surface area contributed by atoms with E-state index < -0.39 is 10.9 Å². The van der Waals surface area contributed by atoms with Crippen LogP contribution in [0.1, 0.15) is 21.6 Å². The summed E-state index contributed by atoms with van der Waals surface area (Å²) in [5.74, 6) is -1.07. The number of nitrogens with zero attached hydrogens (tertiary/aromatic N) is 3. The first kappa shape index (κ1) is 18.1. The molecule has 2 heterocycles. The van der Waals surface area contributed by atoms with Gasteiger partial charge in [-0.15, -0.1) is 0 Å². The molecule has 142 valence electrons. The van der Waals surface area contributed by atoms with E-state index in [1.54, 1.807) is 22.9 Å². The van der Waals surface area contributed by atoms with Gasteiger partial charge < -0.3 is 10.4 Å². The smallest absolute Gasteiger partial charge is 0.335 e. The Kier molecular flexibility index (Phi) is 4.58. The van der Waals surface area contributed by atoms with Crippen LogP contribution in [-0.2, 0) is 13.0 Å². The van der Waals surface area contributed by atoms with E-state index in [0.29, 0.717) is 41.5 Å². The molecule has 1 aliphatic rings. The highest BCUT2D eigenvalue weighted by atomic mass is 35.5. The van der Waals surface area contributed by atoms with Gasteiger partial charge in [0.1, 0.15) is 5.69 Å². The van der Waals surface area contributed by atoms with Gasteiger partial charge in [0, 0.05) is 31.1 Å². The van der Waals surface area contributed by atoms with Crippen LogP contribution in [0.3, 0.4) is 0 Å². The number of para-hydroxylation sites is 1. The van der Waals surface area contributed by atoms with Crippen molar-refractivity contribution in [3.63, 3.8) is 0 Å². The summed E-state index contributed by atoms with van der Waals surface area (Å²) in [6, 6.07) is 10.8. The fraction of sp³-hybridized carbons (Fsp3) is 0.158. The summed E-state index contributed by atoms with van der Waals surface area (Å²) in [7, 11) is 0. The lowest BCUT2D eigenvalue weighted by molar-refractivity contribution is -0.384. The average molecular weight is 399 g/mol. The van der Waals surface area contributed by atoms with Gasteiger partial charge in [-0.2, -0.15) is 5.10 Å². The molecule has 1 aliphatic heterocycles. The lowest BCUT2D eigenvalue weighted by atomic mass is 10.0. The molecule has 0 radical (unpaired) electrons. The molecule has 0 aliphatic carbocycles. The molecule has 4 rings (SSSR count). The van der Waals surface area contributed by atoms with Gasteiger partial charge in [0.05, 0.1) is 32.5 Å². The van der Waals surface area contributed by atoms with Crippen LogP contribution in [0.5, 0.6) is 0 Å². The van der Waals surface area contributed by atoms with Crippen molar-refractivity contribution in [2.75, 3.05) is 6.54 Å². The fourth-order valence-electron chi connectivity index (χ4n) is 3.40. The van der Waals surface area contributed by atoms with E-state index in [9.17, 15) is 20.0 Å². The van der Waals surface area contributed by atoms with Crippen LogP contribution in [0.4, 0.5) is 5.69 Å². The third kappa shape index (κ3) is 3.02. The Morgan fingerprint density at radius 3 is 2.82 bits per heavy atom. The van der Waals surface area contributed by atoms with Crippen molar-refractivity contribution >= 4 is 23.3 Å². The van der Waals surface area contributed by atoms with Crippen molar-refractivity contribution in [2.45, 2.75) is 13.0 Å². The molecule has 1 aromatic heterocycles. The number of nitro benzene ring substituents is 1. The number of hydrogen-bond donors (Lipinski definition) is 2. The molecule has 0 spiro atoms. The summed E-state index contributed by atoms with van der Waals surface area (Å²) < 4.78 is 1.61. The lowest BCUT2D eigenvalue weighted by Gasteiger charge is -2.16. The van der Waals surface area contributed by atoms with Gasteiger partial charge >= 0.3 is 5.97 Å². The number of nitrogens with one attached hydrogen (secondary N) is 1. The predicted molar refractivity (Wildman–Crippen MR) is 103 cm³/mol. The molecular formula is C19H15ClN4O4. The fourth-order valence-corrected chi connectivity index (χ4v) is 3.60. The number of hydrogen-bond acceptors (Lipinski definition) is 5. The quantitative estimate of drug-likeness (QED) is 0.514. The van der Waals surface area contributed by atoms with Crippen LogP contribution in [-0.4, -0.2) is 32.3 Å². The first-order valence-electron chi connectivity index (χ1n) is 8.56. The Bertz CT molecular complexity index is 1110. The summed E-state index contributed by atoms with van der Waals surface area (Å²) in [4.78, 5) is 22.4. The zero-order valence-corrected chi connectivity index (χ0v) is 15.3. The number of fused-ring (bicyclic) bond motifs is 1. The topological polar surface area (TPSA) is 110 Å². The molecule has 9 heteroatoms. The molecule has 0 bridgehead atoms. The van der Waals surface area contributed by atoms with Crippen LogP contribution in [0, 0.1) is 10.1 Å². The molecule has 2 aromatic carbocycles. The third-order valence-electron chi connectivity index (χ3n) is 4.71. The van der Waals surface area contributed by atoms with Gasteiger partial charge in [0.15, 0.2) is 0 Å². The van der Waals surface area contributed by atoms with E-state index in [2.05, 4.69) is 10.4 Å². The molecule has 3 aromatic rings. The Morgan fingerprint density at radius 2 is 2.07 bits per heavy atom. The summed E-state index contributed by atoms with van der Waals surface area (Å²) in [5.41, 5.74) is 3.09. The van der Waals surface area contributed by atoms with Crippen LogP contribution >= 0.6 is 11.6 Å². The Morgan fingerprint density at radius 1 is 1.29 bits per heavy atom. The van der Waals surface area contributed by atoms with Crippen molar-refractivity contribution in [1.82, 2.24) is 15.1 Å². The van der Waals surface area contributed by atoms with Crippen molar-refractivity contribution in [1.29, 1.82) is 0 Å². The lowest BCUT2D eigenvalue weighted by Crippen LogP contribution is -2.24. The third-order valence-corrected chi connectivity index (χ3v) is 5.03. The van der Waals surface area contributed by atoms with Crippen molar-refractivity contribution in [2.24, 2.45) is 0 Å². The van der Waals surface area contributed by atoms with E-state index in [-0.39, 0.29) is 11.3 Å². The maximum absolute atomic E-state index is 11.5. The largest absolute Gasteiger partial charge is 0.478 e. The minimum atomic E-state index is -1.07. The van der Waals surface area contributed by atoms with E-state index in [1.807, 2.05) is 0 Å². The van der Waals surface area contributed by atoms with Gasteiger partial charge in [0.25, 0.3) is 5.69 Å². The second-order valence-corrected chi connectivity index (χ2v) is 6.77. The van der Waals surface area contributed by atoms with E-state index >= 15 is 0 Å². The van der Waals surface area contributed by atoms with E-state index in [0.717, 1.165) is 11.3 Å². The first-order valence-corrected chi connectivity index (χ1v) is 8.93. The number of carbonyl (C=O) groups is 1. The molecule has 0 amide bonds. The molecule has 2 N–H and O–H groups in total. The predicted octanol–water partition coefficient (Wildman–Crippen LogP) is 3.44. The number of aromatic carboxylic acids is 1. The van der Waals surface area contributed by atoms with Crippen molar-refractivity contribution in [3.05, 3.63) is 74.4 Å². The molecule has 28 heavy (non-hydrogen) atoms. The first-order chi connectivity index (χ1) is 13.5. The minimum absolute atomic E-state index is 0.0362. The zero-order valence-electron chi connectivity index (χ0n) is 14.6. The Balaban J connectivity index is 1.97. The Labute approximate surface area is 164 Å². The number of rotatable bonds is 4. The van der Waals surface area contributed by atoms with Crippen LogP contribution in [0.15, 0.2) is 42.5 Å². The molecule has 0 unspecified atom stereocenters. The van der Waals surface area contributed by atoms with Gasteiger partial charge in [-0.1, -0.05) is 23.7 Å². The number of carboxylic acids is 1. The maximum atomic E-state index is 11.5. The van der Waals surface area contributed by atoms with Gasteiger partial charge in [-0.25, -0.2) is 9.48 Å².